The maximum absolute atomic E-state index is 12.8. The first-order valence-corrected chi connectivity index (χ1v) is 10.4. The number of ether oxygens (including phenoxy) is 4. The number of halogens is 4. The van der Waals surface area contributed by atoms with Gasteiger partial charge < -0.3 is 29.2 Å². The third kappa shape index (κ3) is 6.46. The number of rotatable bonds is 10. The minimum atomic E-state index is -3.24. The summed E-state index contributed by atoms with van der Waals surface area (Å²) in [6, 6.07) is 7.06. The van der Waals surface area contributed by atoms with E-state index in [1.165, 1.54) is 33.3 Å². The highest BCUT2D eigenvalue weighted by atomic mass is 19.3. The second kappa shape index (κ2) is 11.2. The van der Waals surface area contributed by atoms with E-state index in [4.69, 9.17) is 9.47 Å². The van der Waals surface area contributed by atoms with Gasteiger partial charge in [0, 0.05) is 32.4 Å². The van der Waals surface area contributed by atoms with Crippen LogP contribution < -0.4 is 24.3 Å². The molecule has 1 N–H and O–H groups in total. The number of likely N-dealkylation sites (tertiary alicyclic amines) is 1. The lowest BCUT2D eigenvalue weighted by Crippen LogP contribution is -2.24. The number of amides is 2. The van der Waals surface area contributed by atoms with Gasteiger partial charge in [-0.2, -0.15) is 17.6 Å². The lowest BCUT2D eigenvalue weighted by molar-refractivity contribution is -0.128. The Labute approximate surface area is 198 Å². The molecule has 2 aromatic rings. The molecule has 0 saturated carbocycles. The largest absolute Gasteiger partial charge is 0.494 e. The summed E-state index contributed by atoms with van der Waals surface area (Å²) in [6.45, 7) is -4.66. The van der Waals surface area contributed by atoms with Crippen LogP contribution in [0.1, 0.15) is 30.4 Å². The average Bonchev–Trinajstić information content (AvgIpc) is 3.14. The van der Waals surface area contributed by atoms with Crippen LogP contribution in [0.15, 0.2) is 30.3 Å². The van der Waals surface area contributed by atoms with Crippen LogP contribution in [-0.2, 0) is 16.1 Å². The summed E-state index contributed by atoms with van der Waals surface area (Å²) in [6.07, 6.45) is 0.0847. The third-order valence-electron chi connectivity index (χ3n) is 5.33. The maximum atomic E-state index is 12.8. The molecule has 0 spiro atoms. The van der Waals surface area contributed by atoms with E-state index >= 15 is 0 Å². The van der Waals surface area contributed by atoms with Crippen LogP contribution in [0.5, 0.6) is 23.0 Å². The van der Waals surface area contributed by atoms with E-state index in [0.717, 1.165) is 6.07 Å². The standard InChI is InChI=1S/C23H24F4N2O6/c1-12(30)28-21-18(32-2)6-13(7-19(21)33-3)10-29-11-15(9-20(29)31)14-4-5-16(34-22(24)25)17(8-14)35-23(26)27/h4-8,15,22-23H,9-11H2,1-3H3,(H,28,30). The molecule has 1 aliphatic rings. The molecule has 0 aliphatic carbocycles. The van der Waals surface area contributed by atoms with Gasteiger partial charge in [0.25, 0.3) is 0 Å². The lowest BCUT2D eigenvalue weighted by atomic mass is 9.98. The van der Waals surface area contributed by atoms with E-state index in [9.17, 15) is 27.2 Å². The molecule has 1 heterocycles. The first-order valence-electron chi connectivity index (χ1n) is 10.4. The average molecular weight is 500 g/mol. The van der Waals surface area contributed by atoms with Gasteiger partial charge in [-0.25, -0.2) is 0 Å². The number of hydrogen-bond acceptors (Lipinski definition) is 6. The van der Waals surface area contributed by atoms with Crippen molar-refractivity contribution in [2.24, 2.45) is 0 Å². The second-order valence-electron chi connectivity index (χ2n) is 7.70. The number of nitrogens with one attached hydrogen (secondary N) is 1. The van der Waals surface area contributed by atoms with E-state index in [2.05, 4.69) is 14.8 Å². The molecule has 190 valence electrons. The Kier molecular flexibility index (Phi) is 8.26. The zero-order valence-electron chi connectivity index (χ0n) is 19.1. The SMILES string of the molecule is COc1cc(CN2CC(c3ccc(OC(F)F)c(OC(F)F)c3)CC2=O)cc(OC)c1NC(C)=O. The zero-order chi connectivity index (χ0) is 25.7. The van der Waals surface area contributed by atoms with Crippen molar-refractivity contribution in [3.05, 3.63) is 41.5 Å². The van der Waals surface area contributed by atoms with Gasteiger partial charge in [0.1, 0.15) is 17.2 Å². The summed E-state index contributed by atoms with van der Waals surface area (Å²) < 4.78 is 70.0. The quantitative estimate of drug-likeness (QED) is 0.488. The van der Waals surface area contributed by atoms with Crippen molar-refractivity contribution in [1.29, 1.82) is 0 Å². The van der Waals surface area contributed by atoms with Gasteiger partial charge in [-0.15, -0.1) is 0 Å². The summed E-state index contributed by atoms with van der Waals surface area (Å²) in [7, 11) is 2.86. The normalized spacial score (nSPS) is 15.5. The molecular formula is C23H24F4N2O6. The number of carbonyl (C=O) groups is 2. The van der Waals surface area contributed by atoms with Crippen molar-refractivity contribution in [1.82, 2.24) is 4.90 Å². The first-order chi connectivity index (χ1) is 16.6. The smallest absolute Gasteiger partial charge is 0.387 e. The molecule has 3 rings (SSSR count). The Hall–Kier alpha value is -3.70. The molecule has 1 atom stereocenters. The number of anilines is 1. The molecule has 12 heteroatoms. The summed E-state index contributed by atoms with van der Waals surface area (Å²) in [5.74, 6) is -1.25. The number of carbonyl (C=O) groups excluding carboxylic acids is 2. The van der Waals surface area contributed by atoms with E-state index in [1.54, 1.807) is 17.0 Å². The molecule has 1 fully saturated rings. The Balaban J connectivity index is 1.81. The molecule has 0 aromatic heterocycles. The van der Waals surface area contributed by atoms with Crippen LogP contribution >= 0.6 is 0 Å². The number of methoxy groups -OCH3 is 2. The number of alkyl halides is 4. The molecule has 1 saturated heterocycles. The molecule has 0 radical (unpaired) electrons. The molecule has 35 heavy (non-hydrogen) atoms. The topological polar surface area (TPSA) is 86.3 Å². The van der Waals surface area contributed by atoms with E-state index in [0.29, 0.717) is 28.3 Å². The summed E-state index contributed by atoms with van der Waals surface area (Å²) in [4.78, 5) is 25.8. The second-order valence-corrected chi connectivity index (χ2v) is 7.70. The predicted octanol–water partition coefficient (Wildman–Crippen LogP) is 4.38. The molecule has 2 amide bonds. The predicted molar refractivity (Wildman–Crippen MR) is 116 cm³/mol. The maximum Gasteiger partial charge on any atom is 0.387 e. The molecule has 0 bridgehead atoms. The van der Waals surface area contributed by atoms with Crippen LogP contribution in [-0.4, -0.2) is 50.7 Å². The third-order valence-corrected chi connectivity index (χ3v) is 5.33. The number of nitrogens with zero attached hydrogens (tertiary/aromatic N) is 1. The van der Waals surface area contributed by atoms with Crippen molar-refractivity contribution in [3.63, 3.8) is 0 Å². The van der Waals surface area contributed by atoms with Crippen LogP contribution in [0.3, 0.4) is 0 Å². The number of hydrogen-bond donors (Lipinski definition) is 1. The summed E-state index contributed by atoms with van der Waals surface area (Å²) >= 11 is 0. The van der Waals surface area contributed by atoms with Crippen LogP contribution in [0.25, 0.3) is 0 Å². The number of benzene rings is 2. The van der Waals surface area contributed by atoms with E-state index in [1.807, 2.05) is 0 Å². The van der Waals surface area contributed by atoms with Gasteiger partial charge in [-0.05, 0) is 35.4 Å². The van der Waals surface area contributed by atoms with E-state index in [-0.39, 0.29) is 37.2 Å². The van der Waals surface area contributed by atoms with Gasteiger partial charge in [-0.1, -0.05) is 6.07 Å². The van der Waals surface area contributed by atoms with Crippen LogP contribution in [0, 0.1) is 0 Å². The Morgan fingerprint density at radius 2 is 1.60 bits per heavy atom. The molecule has 2 aromatic carbocycles. The van der Waals surface area contributed by atoms with Crippen molar-refractivity contribution in [2.75, 3.05) is 26.1 Å². The Morgan fingerprint density at radius 1 is 1.00 bits per heavy atom. The molecule has 1 aliphatic heterocycles. The Morgan fingerprint density at radius 3 is 2.14 bits per heavy atom. The lowest BCUT2D eigenvalue weighted by Gasteiger charge is -2.20. The van der Waals surface area contributed by atoms with Crippen molar-refractivity contribution in [3.8, 4) is 23.0 Å². The summed E-state index contributed by atoms with van der Waals surface area (Å²) in [5, 5.41) is 2.65. The van der Waals surface area contributed by atoms with Gasteiger partial charge in [0.2, 0.25) is 11.8 Å². The molecule has 1 unspecified atom stereocenters. The fraction of sp³-hybridized carbons (Fsp3) is 0.391. The Bertz CT molecular complexity index is 1060. The van der Waals surface area contributed by atoms with Gasteiger partial charge in [-0.3, -0.25) is 9.59 Å². The molecule has 8 nitrogen and oxygen atoms in total. The van der Waals surface area contributed by atoms with Gasteiger partial charge >= 0.3 is 13.2 Å². The van der Waals surface area contributed by atoms with Gasteiger partial charge in [0.15, 0.2) is 11.5 Å². The van der Waals surface area contributed by atoms with Crippen molar-refractivity contribution in [2.45, 2.75) is 39.0 Å². The monoisotopic (exact) mass is 500 g/mol. The highest BCUT2D eigenvalue weighted by molar-refractivity contribution is 5.92. The van der Waals surface area contributed by atoms with Crippen molar-refractivity contribution >= 4 is 17.5 Å². The van der Waals surface area contributed by atoms with Crippen molar-refractivity contribution < 1.29 is 46.1 Å². The van der Waals surface area contributed by atoms with E-state index < -0.39 is 24.7 Å². The minimum Gasteiger partial charge on any atom is -0.494 e. The van der Waals surface area contributed by atoms with Crippen LogP contribution in [0.2, 0.25) is 0 Å². The highest BCUT2D eigenvalue weighted by Gasteiger charge is 2.32. The fourth-order valence-corrected chi connectivity index (χ4v) is 3.89. The van der Waals surface area contributed by atoms with Crippen LogP contribution in [0.4, 0.5) is 23.2 Å². The van der Waals surface area contributed by atoms with Gasteiger partial charge in [0.05, 0.1) is 14.2 Å². The fourth-order valence-electron chi connectivity index (χ4n) is 3.89. The zero-order valence-corrected chi connectivity index (χ0v) is 19.1. The summed E-state index contributed by atoms with van der Waals surface area (Å²) in [5.41, 5.74) is 1.49. The first kappa shape index (κ1) is 25.9. The highest BCUT2D eigenvalue weighted by Crippen LogP contribution is 2.39. The minimum absolute atomic E-state index is 0.0847. The molecular weight excluding hydrogens is 476 g/mol.